The van der Waals surface area contributed by atoms with E-state index in [-0.39, 0.29) is 16.7 Å². The van der Waals surface area contributed by atoms with Gasteiger partial charge in [-0.25, -0.2) is 9.37 Å². The molecule has 31 heavy (non-hydrogen) atoms. The Hall–Kier alpha value is -3.39. The van der Waals surface area contributed by atoms with Crippen LogP contribution in [-0.2, 0) is 7.05 Å². The summed E-state index contributed by atoms with van der Waals surface area (Å²) in [7, 11) is 3.08. The minimum absolute atomic E-state index is 0.00283. The molecule has 0 aliphatic rings. The Kier molecular flexibility index (Phi) is 5.18. The van der Waals surface area contributed by atoms with Crippen LogP contribution in [0.1, 0.15) is 40.2 Å². The molecule has 0 saturated carbocycles. The number of nitrogens with one attached hydrogen (secondary N) is 1. The zero-order valence-corrected chi connectivity index (χ0v) is 18.2. The average molecular weight is 442 g/mol. The number of amides is 1. The number of pyridine rings is 1. The van der Waals surface area contributed by atoms with Gasteiger partial charge >= 0.3 is 0 Å². The van der Waals surface area contributed by atoms with Crippen molar-refractivity contribution < 1.29 is 13.9 Å². The summed E-state index contributed by atoms with van der Waals surface area (Å²) in [5.74, 6) is -1.20. The van der Waals surface area contributed by atoms with Crippen molar-refractivity contribution >= 4 is 28.5 Å². The lowest BCUT2D eigenvalue weighted by Crippen LogP contribution is -2.16. The maximum Gasteiger partial charge on any atom is 0.267 e. The highest BCUT2D eigenvalue weighted by molar-refractivity contribution is 6.31. The smallest absolute Gasteiger partial charge is 0.267 e. The number of carbonyl (C=O) groups is 1. The van der Waals surface area contributed by atoms with Gasteiger partial charge in [0.15, 0.2) is 11.6 Å². The van der Waals surface area contributed by atoms with Gasteiger partial charge in [-0.2, -0.15) is 5.10 Å². The molecule has 4 aromatic rings. The van der Waals surface area contributed by atoms with E-state index in [0.29, 0.717) is 22.6 Å². The minimum Gasteiger partial charge on any atom is -0.494 e. The number of nitrogens with two attached hydrogens (primary N) is 1. The molecule has 3 aromatic heterocycles. The summed E-state index contributed by atoms with van der Waals surface area (Å²) in [6.45, 7) is 3.81. The van der Waals surface area contributed by atoms with Gasteiger partial charge in [0.05, 0.1) is 17.8 Å². The van der Waals surface area contributed by atoms with E-state index in [0.717, 1.165) is 22.1 Å². The third-order valence-electron chi connectivity index (χ3n) is 5.51. The summed E-state index contributed by atoms with van der Waals surface area (Å²) < 4.78 is 20.7. The van der Waals surface area contributed by atoms with Gasteiger partial charge in [-0.3, -0.25) is 9.48 Å². The Morgan fingerprint density at radius 1 is 1.35 bits per heavy atom. The fraction of sp³-hybridized carbons (Fsp3) is 0.227. The number of aryl methyl sites for hydroxylation is 2. The molecule has 7 nitrogen and oxygen atoms in total. The van der Waals surface area contributed by atoms with E-state index < -0.39 is 11.7 Å². The van der Waals surface area contributed by atoms with Gasteiger partial charge in [0.2, 0.25) is 0 Å². The van der Waals surface area contributed by atoms with Gasteiger partial charge in [-0.15, -0.1) is 0 Å². The third-order valence-corrected chi connectivity index (χ3v) is 5.79. The number of rotatable bonds is 5. The highest BCUT2D eigenvalue weighted by atomic mass is 35.5. The second-order valence-corrected chi connectivity index (χ2v) is 7.81. The molecule has 1 amide bonds. The Labute approximate surface area is 183 Å². The molecule has 4 rings (SSSR count). The molecule has 1 atom stereocenters. The van der Waals surface area contributed by atoms with Gasteiger partial charge < -0.3 is 15.5 Å². The third kappa shape index (κ3) is 3.42. The average Bonchev–Trinajstić information content (AvgIpc) is 3.28. The van der Waals surface area contributed by atoms with Crippen LogP contribution in [0.4, 0.5) is 4.39 Å². The number of nitrogens with zero attached hydrogens (tertiary/aromatic N) is 3. The number of carbonyl (C=O) groups excluding carboxylic acids is 1. The van der Waals surface area contributed by atoms with E-state index in [1.165, 1.54) is 11.8 Å². The molecule has 0 fully saturated rings. The molecule has 1 aromatic carbocycles. The second-order valence-electron chi connectivity index (χ2n) is 7.40. The van der Waals surface area contributed by atoms with E-state index in [1.807, 2.05) is 26.1 Å². The van der Waals surface area contributed by atoms with Gasteiger partial charge in [0.1, 0.15) is 11.3 Å². The van der Waals surface area contributed by atoms with E-state index >= 15 is 0 Å². The highest BCUT2D eigenvalue weighted by Crippen LogP contribution is 2.37. The lowest BCUT2D eigenvalue weighted by atomic mass is 9.92. The fourth-order valence-corrected chi connectivity index (χ4v) is 4.19. The lowest BCUT2D eigenvalue weighted by Gasteiger charge is -2.14. The predicted octanol–water partition coefficient (Wildman–Crippen LogP) is 4.32. The Morgan fingerprint density at radius 3 is 2.77 bits per heavy atom. The number of hydrogen-bond acceptors (Lipinski definition) is 4. The van der Waals surface area contributed by atoms with Crippen molar-refractivity contribution in [2.24, 2.45) is 12.8 Å². The SMILES string of the molecule is COc1cc([C@H](C)c2c[nH]c3ncc(-c4c(C)nn(C)c4C(N)=O)cc23)cc(Cl)c1F. The molecule has 0 aliphatic heterocycles. The van der Waals surface area contributed by atoms with Crippen molar-refractivity contribution in [3.05, 3.63) is 63.9 Å². The van der Waals surface area contributed by atoms with Crippen LogP contribution in [0.2, 0.25) is 5.02 Å². The Balaban J connectivity index is 1.86. The van der Waals surface area contributed by atoms with Crippen LogP contribution < -0.4 is 10.5 Å². The van der Waals surface area contributed by atoms with E-state index in [1.54, 1.807) is 25.4 Å². The molecule has 0 radical (unpaired) electrons. The molecular weight excluding hydrogens is 421 g/mol. The predicted molar refractivity (Wildman–Crippen MR) is 117 cm³/mol. The first-order chi connectivity index (χ1) is 14.7. The van der Waals surface area contributed by atoms with Crippen LogP contribution in [0.25, 0.3) is 22.2 Å². The number of primary amides is 1. The number of H-pyrrole nitrogens is 1. The maximum absolute atomic E-state index is 14.1. The number of hydrogen-bond donors (Lipinski definition) is 2. The number of methoxy groups -OCH3 is 1. The van der Waals surface area contributed by atoms with Crippen molar-refractivity contribution in [2.75, 3.05) is 7.11 Å². The molecule has 0 unspecified atom stereocenters. The van der Waals surface area contributed by atoms with Crippen molar-refractivity contribution in [3.8, 4) is 16.9 Å². The quantitative estimate of drug-likeness (QED) is 0.481. The summed E-state index contributed by atoms with van der Waals surface area (Å²) in [6.07, 6.45) is 3.54. The molecular formula is C22H21ClFN5O2. The molecule has 9 heteroatoms. The van der Waals surface area contributed by atoms with E-state index in [2.05, 4.69) is 15.1 Å². The molecule has 0 spiro atoms. The number of halogens is 2. The van der Waals surface area contributed by atoms with Crippen LogP contribution in [0.3, 0.4) is 0 Å². The lowest BCUT2D eigenvalue weighted by molar-refractivity contribution is 0.0992. The van der Waals surface area contributed by atoms with Gasteiger partial charge in [0.25, 0.3) is 5.91 Å². The van der Waals surface area contributed by atoms with Crippen LogP contribution in [0.15, 0.2) is 30.6 Å². The number of ether oxygens (including phenoxy) is 1. The van der Waals surface area contributed by atoms with Gasteiger partial charge in [-0.1, -0.05) is 18.5 Å². The summed E-state index contributed by atoms with van der Waals surface area (Å²) in [6, 6.07) is 5.18. The van der Waals surface area contributed by atoms with Gasteiger partial charge in [-0.05, 0) is 36.2 Å². The summed E-state index contributed by atoms with van der Waals surface area (Å²) >= 11 is 6.07. The maximum atomic E-state index is 14.1. The monoisotopic (exact) mass is 441 g/mol. The van der Waals surface area contributed by atoms with Crippen LogP contribution in [-0.4, -0.2) is 32.8 Å². The summed E-state index contributed by atoms with van der Waals surface area (Å²) in [5, 5.41) is 5.20. The van der Waals surface area contributed by atoms with Crippen LogP contribution in [0, 0.1) is 12.7 Å². The Morgan fingerprint density at radius 2 is 2.10 bits per heavy atom. The number of fused-ring (bicyclic) bond motifs is 1. The first-order valence-corrected chi connectivity index (χ1v) is 9.94. The highest BCUT2D eigenvalue weighted by Gasteiger charge is 2.22. The molecule has 3 N–H and O–H groups in total. The second kappa shape index (κ2) is 7.70. The summed E-state index contributed by atoms with van der Waals surface area (Å²) in [4.78, 5) is 19.7. The van der Waals surface area contributed by atoms with E-state index in [9.17, 15) is 9.18 Å². The zero-order chi connectivity index (χ0) is 22.4. The molecule has 0 saturated heterocycles. The standard InChI is InChI=1S/C22H21ClFN5O2/c1-10(12-6-16(23)19(24)17(7-12)31-4)15-9-27-22-14(15)5-13(8-26-22)18-11(2)28-29(3)20(18)21(25)30/h5-10H,1-4H3,(H2,25,30)(H,26,27)/t10-/m0/s1. The molecule has 3 heterocycles. The van der Waals surface area contributed by atoms with Gasteiger partial charge in [0, 0.05) is 41.9 Å². The normalized spacial score (nSPS) is 12.3. The zero-order valence-electron chi connectivity index (χ0n) is 17.5. The van der Waals surface area contributed by atoms with E-state index in [4.69, 9.17) is 22.1 Å². The molecule has 0 bridgehead atoms. The fourth-order valence-electron chi connectivity index (χ4n) is 3.97. The van der Waals surface area contributed by atoms with Crippen molar-refractivity contribution in [1.82, 2.24) is 19.7 Å². The summed E-state index contributed by atoms with van der Waals surface area (Å²) in [5.41, 5.74) is 10.4. The van der Waals surface area contributed by atoms with Crippen LogP contribution in [0.5, 0.6) is 5.75 Å². The molecule has 160 valence electrons. The van der Waals surface area contributed by atoms with Crippen LogP contribution >= 0.6 is 11.6 Å². The minimum atomic E-state index is -0.589. The first-order valence-electron chi connectivity index (χ1n) is 9.56. The van der Waals surface area contributed by atoms with Crippen molar-refractivity contribution in [2.45, 2.75) is 19.8 Å². The first kappa shape index (κ1) is 20.9. The van der Waals surface area contributed by atoms with Crippen molar-refractivity contribution in [1.29, 1.82) is 0 Å². The number of aromatic nitrogens is 4. The number of aromatic amines is 1. The topological polar surface area (TPSA) is 98.8 Å². The van der Waals surface area contributed by atoms with Crippen molar-refractivity contribution in [3.63, 3.8) is 0 Å². The Bertz CT molecular complexity index is 1330. The molecule has 0 aliphatic carbocycles. The largest absolute Gasteiger partial charge is 0.494 e. The number of benzene rings is 1.